The number of para-hydroxylation sites is 1. The van der Waals surface area contributed by atoms with Crippen molar-refractivity contribution in [1.29, 1.82) is 5.26 Å². The highest BCUT2D eigenvalue weighted by Gasteiger charge is 2.25. The van der Waals surface area contributed by atoms with E-state index in [1.165, 1.54) is 4.80 Å². The number of carbonyl (C=O) groups excluding carboxylic acids is 1. The van der Waals surface area contributed by atoms with Crippen LogP contribution in [0.5, 0.6) is 5.75 Å². The molecule has 0 bridgehead atoms. The van der Waals surface area contributed by atoms with Crippen molar-refractivity contribution in [2.45, 2.75) is 19.8 Å². The number of nitriles is 1. The summed E-state index contributed by atoms with van der Waals surface area (Å²) in [6, 6.07) is 12.9. The maximum Gasteiger partial charge on any atom is 0.227 e. The zero-order valence-corrected chi connectivity index (χ0v) is 21.9. The van der Waals surface area contributed by atoms with Crippen molar-refractivity contribution in [3.63, 3.8) is 0 Å². The predicted molar refractivity (Wildman–Crippen MR) is 147 cm³/mol. The molecule has 0 unspecified atom stereocenters. The summed E-state index contributed by atoms with van der Waals surface area (Å²) in [5.41, 5.74) is 3.84. The number of H-pyrrole nitrogens is 1. The third kappa shape index (κ3) is 4.49. The molecule has 14 nitrogen and oxygen atoms in total. The van der Waals surface area contributed by atoms with Gasteiger partial charge in [-0.25, -0.2) is 15.0 Å². The van der Waals surface area contributed by atoms with E-state index in [0.717, 1.165) is 6.42 Å². The molecule has 5 heterocycles. The second-order valence-corrected chi connectivity index (χ2v) is 9.14. The third-order valence-electron chi connectivity index (χ3n) is 6.41. The molecule has 1 amide bonds. The predicted octanol–water partition coefficient (Wildman–Crippen LogP) is 3.35. The van der Waals surface area contributed by atoms with Crippen LogP contribution in [0.1, 0.15) is 24.4 Å². The fraction of sp³-hybridized carbons (Fsp3) is 0.231. The Hall–Kier alpha value is -5.58. The topological polar surface area (TPSA) is 175 Å². The average Bonchev–Trinajstić information content (AvgIpc) is 3.67. The number of nitrogens with zero attached hydrogens (tertiary/aromatic N) is 9. The standard InChI is InChI=1S/C26H24N12O2/c1-14-28-23-17(30-16-7-4-6-15(24(16)40-3)25-34-36-37(2)35-25)12-21(33-26(23)29-14)32-20-10-9-19(18(13-27)31-20)38-11-5-8-22(38)39/h4,6-7,9-10,12H,5,8,11H2,1-3H3,(H3,28,29,30,31,32,33). The van der Waals surface area contributed by atoms with E-state index in [9.17, 15) is 10.1 Å². The van der Waals surface area contributed by atoms with E-state index < -0.39 is 0 Å². The van der Waals surface area contributed by atoms with Gasteiger partial charge in [0.15, 0.2) is 17.1 Å². The lowest BCUT2D eigenvalue weighted by molar-refractivity contribution is -0.117. The van der Waals surface area contributed by atoms with Crippen LogP contribution in [0.15, 0.2) is 36.4 Å². The summed E-state index contributed by atoms with van der Waals surface area (Å²) in [4.78, 5) is 32.1. The summed E-state index contributed by atoms with van der Waals surface area (Å²) < 4.78 is 5.73. The molecular formula is C26H24N12O2. The molecule has 0 aliphatic carbocycles. The zero-order valence-electron chi connectivity index (χ0n) is 21.9. The summed E-state index contributed by atoms with van der Waals surface area (Å²) in [7, 11) is 3.27. The lowest BCUT2D eigenvalue weighted by atomic mass is 10.1. The summed E-state index contributed by atoms with van der Waals surface area (Å²) in [6.45, 7) is 2.42. The van der Waals surface area contributed by atoms with Gasteiger partial charge in [0.05, 0.1) is 36.8 Å². The number of hydrogen-bond donors (Lipinski definition) is 3. The highest BCUT2D eigenvalue weighted by Crippen LogP contribution is 2.38. The number of aromatic amines is 1. The van der Waals surface area contributed by atoms with Crippen LogP contribution >= 0.6 is 0 Å². The first-order valence-electron chi connectivity index (χ1n) is 12.5. The van der Waals surface area contributed by atoms with Gasteiger partial charge in [0.25, 0.3) is 0 Å². The Morgan fingerprint density at radius 1 is 1.10 bits per heavy atom. The van der Waals surface area contributed by atoms with E-state index in [1.54, 1.807) is 37.3 Å². The van der Waals surface area contributed by atoms with Gasteiger partial charge >= 0.3 is 0 Å². The number of methoxy groups -OCH3 is 1. The molecule has 6 rings (SSSR count). The average molecular weight is 537 g/mol. The van der Waals surface area contributed by atoms with Crippen LogP contribution in [0.25, 0.3) is 22.6 Å². The van der Waals surface area contributed by atoms with Gasteiger partial charge in [-0.1, -0.05) is 6.07 Å². The second kappa shape index (κ2) is 9.95. The van der Waals surface area contributed by atoms with Crippen LogP contribution in [-0.4, -0.2) is 59.7 Å². The number of ether oxygens (including phenoxy) is 1. The number of tetrazole rings is 1. The number of imidazole rings is 1. The molecule has 1 saturated heterocycles. The third-order valence-corrected chi connectivity index (χ3v) is 6.41. The Labute approximate surface area is 228 Å². The number of pyridine rings is 2. The monoisotopic (exact) mass is 536 g/mol. The Morgan fingerprint density at radius 3 is 2.70 bits per heavy atom. The van der Waals surface area contributed by atoms with Gasteiger partial charge in [-0.3, -0.25) is 4.79 Å². The number of fused-ring (bicyclic) bond motifs is 1. The first-order chi connectivity index (χ1) is 19.4. The minimum absolute atomic E-state index is 0.00829. The molecule has 3 N–H and O–H groups in total. The first-order valence-corrected chi connectivity index (χ1v) is 12.5. The number of anilines is 5. The summed E-state index contributed by atoms with van der Waals surface area (Å²) in [5.74, 6) is 2.52. The van der Waals surface area contributed by atoms with Gasteiger partial charge in [0.2, 0.25) is 11.7 Å². The molecular weight excluding hydrogens is 512 g/mol. The van der Waals surface area contributed by atoms with Crippen molar-refractivity contribution >= 4 is 45.8 Å². The molecule has 0 spiro atoms. The summed E-state index contributed by atoms with van der Waals surface area (Å²) in [6.07, 6.45) is 1.23. The summed E-state index contributed by atoms with van der Waals surface area (Å²) in [5, 5.41) is 28.6. The lowest BCUT2D eigenvalue weighted by Gasteiger charge is -2.17. The van der Waals surface area contributed by atoms with Crippen molar-refractivity contribution in [2.24, 2.45) is 7.05 Å². The minimum atomic E-state index is -0.00829. The smallest absolute Gasteiger partial charge is 0.227 e. The summed E-state index contributed by atoms with van der Waals surface area (Å²) >= 11 is 0. The highest BCUT2D eigenvalue weighted by atomic mass is 16.5. The minimum Gasteiger partial charge on any atom is -0.494 e. The van der Waals surface area contributed by atoms with Crippen molar-refractivity contribution < 1.29 is 9.53 Å². The molecule has 0 saturated carbocycles. The molecule has 1 aliphatic rings. The number of aryl methyl sites for hydroxylation is 2. The van der Waals surface area contributed by atoms with Gasteiger partial charge in [0.1, 0.15) is 29.0 Å². The van der Waals surface area contributed by atoms with Crippen LogP contribution in [0.3, 0.4) is 0 Å². The number of rotatable bonds is 7. The Morgan fingerprint density at radius 2 is 1.98 bits per heavy atom. The molecule has 14 heteroatoms. The van der Waals surface area contributed by atoms with Gasteiger partial charge in [0, 0.05) is 19.0 Å². The number of hydrogen-bond acceptors (Lipinski definition) is 11. The first kappa shape index (κ1) is 24.7. The van der Waals surface area contributed by atoms with Gasteiger partial charge in [-0.15, -0.1) is 10.2 Å². The maximum atomic E-state index is 12.2. The van der Waals surface area contributed by atoms with E-state index in [1.807, 2.05) is 25.1 Å². The lowest BCUT2D eigenvalue weighted by Crippen LogP contribution is -2.25. The fourth-order valence-corrected chi connectivity index (χ4v) is 4.69. The van der Waals surface area contributed by atoms with Gasteiger partial charge in [-0.05, 0) is 42.8 Å². The molecule has 1 aromatic carbocycles. The van der Waals surface area contributed by atoms with Crippen LogP contribution < -0.4 is 20.3 Å². The van der Waals surface area contributed by atoms with Crippen molar-refractivity contribution in [1.82, 2.24) is 40.1 Å². The van der Waals surface area contributed by atoms with Crippen LogP contribution in [0.2, 0.25) is 0 Å². The molecule has 0 radical (unpaired) electrons. The van der Waals surface area contributed by atoms with E-state index in [2.05, 4.69) is 52.0 Å². The van der Waals surface area contributed by atoms with Gasteiger partial charge in [-0.2, -0.15) is 10.1 Å². The fourth-order valence-electron chi connectivity index (χ4n) is 4.69. The Kier molecular flexibility index (Phi) is 6.15. The molecule has 0 atom stereocenters. The molecule has 200 valence electrons. The molecule has 40 heavy (non-hydrogen) atoms. The quantitative estimate of drug-likeness (QED) is 0.278. The van der Waals surface area contributed by atoms with Crippen LogP contribution in [0, 0.1) is 18.3 Å². The van der Waals surface area contributed by atoms with Crippen LogP contribution in [-0.2, 0) is 11.8 Å². The van der Waals surface area contributed by atoms with E-state index in [0.29, 0.717) is 75.8 Å². The molecule has 1 aliphatic heterocycles. The van der Waals surface area contributed by atoms with Crippen LogP contribution in [0.4, 0.5) is 28.7 Å². The Balaban J connectivity index is 1.36. The molecule has 1 fully saturated rings. The normalized spacial score (nSPS) is 13.1. The van der Waals surface area contributed by atoms with Crippen molar-refractivity contribution in [3.05, 3.63) is 47.9 Å². The van der Waals surface area contributed by atoms with E-state index >= 15 is 0 Å². The van der Waals surface area contributed by atoms with E-state index in [-0.39, 0.29) is 11.6 Å². The van der Waals surface area contributed by atoms with Crippen molar-refractivity contribution in [3.8, 4) is 23.2 Å². The Bertz CT molecular complexity index is 1800. The SMILES string of the molecule is COc1c(Nc2cc(Nc3ccc(N4CCCC4=O)c(C#N)n3)nc3[nH]c(C)nc23)cccc1-c1nnn(C)n1. The number of benzene rings is 1. The maximum absolute atomic E-state index is 12.2. The number of aromatic nitrogens is 8. The largest absolute Gasteiger partial charge is 0.494 e. The molecule has 4 aromatic heterocycles. The number of amides is 1. The zero-order chi connectivity index (χ0) is 27.8. The highest BCUT2D eigenvalue weighted by molar-refractivity contribution is 5.96. The number of carbonyl (C=O) groups is 1. The molecule has 5 aromatic rings. The van der Waals surface area contributed by atoms with Gasteiger partial charge < -0.3 is 25.3 Å². The number of nitrogens with one attached hydrogen (secondary N) is 3. The van der Waals surface area contributed by atoms with E-state index in [4.69, 9.17) is 4.74 Å². The van der Waals surface area contributed by atoms with Crippen molar-refractivity contribution in [2.75, 3.05) is 29.2 Å². The second-order valence-electron chi connectivity index (χ2n) is 9.14.